The Morgan fingerprint density at radius 3 is 2.52 bits per heavy atom. The van der Waals surface area contributed by atoms with E-state index in [2.05, 4.69) is 18.4 Å². The molecule has 1 amide bonds. The Balaban J connectivity index is 2.09. The van der Waals surface area contributed by atoms with Crippen LogP contribution >= 0.6 is 0 Å². The summed E-state index contributed by atoms with van der Waals surface area (Å²) in [5.41, 5.74) is 2.94. The number of carbonyl (C=O) groups is 2. The summed E-state index contributed by atoms with van der Waals surface area (Å²) in [6.45, 7) is 9.78. The molecular formula is C19H31N3O3. The molecule has 6 heteroatoms. The summed E-state index contributed by atoms with van der Waals surface area (Å²) in [5.74, 6) is -0.706. The maximum atomic E-state index is 13.0. The average Bonchev–Trinajstić information content (AvgIpc) is 2.70. The molecule has 2 rings (SSSR count). The Kier molecular flexibility index (Phi) is 6.27. The van der Waals surface area contributed by atoms with Gasteiger partial charge in [0.2, 0.25) is 0 Å². The van der Waals surface area contributed by atoms with Gasteiger partial charge in [-0.1, -0.05) is 0 Å². The lowest BCUT2D eigenvalue weighted by Crippen LogP contribution is -2.37. The van der Waals surface area contributed by atoms with Gasteiger partial charge in [0.1, 0.15) is 0 Å². The first-order valence-electron chi connectivity index (χ1n) is 9.12. The molecule has 2 heterocycles. The SMILES string of the molecule is Cc1cc(C(=O)N2CCCC(N(C)CC(=O)O)CC2)c(C)n1C(C)C. The van der Waals surface area contributed by atoms with Gasteiger partial charge in [0.15, 0.2) is 0 Å². The van der Waals surface area contributed by atoms with E-state index < -0.39 is 5.97 Å². The van der Waals surface area contributed by atoms with Crippen LogP contribution in [0.4, 0.5) is 0 Å². The number of likely N-dealkylation sites (tertiary alicyclic amines) is 1. The van der Waals surface area contributed by atoms with E-state index in [1.165, 1.54) is 0 Å². The summed E-state index contributed by atoms with van der Waals surface area (Å²) in [7, 11) is 1.85. The topological polar surface area (TPSA) is 65.8 Å². The normalized spacial score (nSPS) is 18.7. The van der Waals surface area contributed by atoms with Crippen LogP contribution in [0, 0.1) is 13.8 Å². The van der Waals surface area contributed by atoms with Crippen LogP contribution in [-0.2, 0) is 4.79 Å². The third-order valence-electron chi connectivity index (χ3n) is 5.22. The molecule has 1 fully saturated rings. The lowest BCUT2D eigenvalue weighted by molar-refractivity contribution is -0.138. The van der Waals surface area contributed by atoms with E-state index in [0.29, 0.717) is 12.6 Å². The first-order chi connectivity index (χ1) is 11.7. The number of likely N-dealkylation sites (N-methyl/N-ethyl adjacent to an activating group) is 1. The molecule has 140 valence electrons. The van der Waals surface area contributed by atoms with E-state index in [1.54, 1.807) is 0 Å². The molecule has 1 unspecified atom stereocenters. The van der Waals surface area contributed by atoms with Crippen molar-refractivity contribution in [3.8, 4) is 0 Å². The predicted octanol–water partition coefficient (Wildman–Crippen LogP) is 2.70. The minimum absolute atomic E-state index is 0.0498. The van der Waals surface area contributed by atoms with Gasteiger partial charge in [-0.15, -0.1) is 0 Å². The summed E-state index contributed by atoms with van der Waals surface area (Å²) in [4.78, 5) is 27.8. The standard InChI is InChI=1S/C19H31N3O3/c1-13(2)22-14(3)11-17(15(22)4)19(25)21-9-6-7-16(8-10-21)20(5)12-18(23)24/h11,13,16H,6-10,12H2,1-5H3,(H,23,24). The van der Waals surface area contributed by atoms with E-state index >= 15 is 0 Å². The van der Waals surface area contributed by atoms with Gasteiger partial charge < -0.3 is 14.6 Å². The maximum absolute atomic E-state index is 13.0. The Morgan fingerprint density at radius 1 is 1.28 bits per heavy atom. The van der Waals surface area contributed by atoms with Crippen molar-refractivity contribution in [2.45, 2.75) is 59.0 Å². The molecule has 1 aromatic rings. The molecule has 0 saturated carbocycles. The molecule has 0 aliphatic carbocycles. The summed E-state index contributed by atoms with van der Waals surface area (Å²) in [5, 5.41) is 8.97. The van der Waals surface area contributed by atoms with Crippen molar-refractivity contribution in [1.82, 2.24) is 14.4 Å². The van der Waals surface area contributed by atoms with E-state index in [4.69, 9.17) is 5.11 Å². The highest BCUT2D eigenvalue weighted by atomic mass is 16.4. The van der Waals surface area contributed by atoms with Crippen molar-refractivity contribution < 1.29 is 14.7 Å². The van der Waals surface area contributed by atoms with Crippen LogP contribution in [0.25, 0.3) is 0 Å². The van der Waals surface area contributed by atoms with Crippen molar-refractivity contribution in [3.05, 3.63) is 23.0 Å². The highest BCUT2D eigenvalue weighted by molar-refractivity contribution is 5.95. The quantitative estimate of drug-likeness (QED) is 0.888. The molecule has 1 saturated heterocycles. The van der Waals surface area contributed by atoms with E-state index in [0.717, 1.165) is 42.8 Å². The molecule has 0 spiro atoms. The Hall–Kier alpha value is -1.82. The zero-order chi connectivity index (χ0) is 18.7. The predicted molar refractivity (Wildman–Crippen MR) is 98.1 cm³/mol. The van der Waals surface area contributed by atoms with Crippen molar-refractivity contribution in [1.29, 1.82) is 0 Å². The number of hydrogen-bond acceptors (Lipinski definition) is 3. The number of carboxylic acid groups (broad SMARTS) is 1. The molecule has 25 heavy (non-hydrogen) atoms. The fraction of sp³-hybridized carbons (Fsp3) is 0.684. The third kappa shape index (κ3) is 4.42. The van der Waals surface area contributed by atoms with Gasteiger partial charge >= 0.3 is 5.97 Å². The lowest BCUT2D eigenvalue weighted by atomic mass is 10.1. The Labute approximate surface area is 150 Å². The summed E-state index contributed by atoms with van der Waals surface area (Å²) < 4.78 is 2.20. The van der Waals surface area contributed by atoms with Gasteiger partial charge in [-0.3, -0.25) is 14.5 Å². The molecule has 1 N–H and O–H groups in total. The molecule has 6 nitrogen and oxygen atoms in total. The number of amides is 1. The van der Waals surface area contributed by atoms with Crippen LogP contribution in [0.5, 0.6) is 0 Å². The van der Waals surface area contributed by atoms with Gasteiger partial charge in [0.05, 0.1) is 12.1 Å². The van der Waals surface area contributed by atoms with Crippen LogP contribution < -0.4 is 0 Å². The van der Waals surface area contributed by atoms with E-state index in [1.807, 2.05) is 36.8 Å². The van der Waals surface area contributed by atoms with Crippen LogP contribution in [-0.4, -0.2) is 64.1 Å². The second-order valence-corrected chi connectivity index (χ2v) is 7.43. The number of carbonyl (C=O) groups excluding carboxylic acids is 1. The van der Waals surface area contributed by atoms with Crippen molar-refractivity contribution in [3.63, 3.8) is 0 Å². The highest BCUT2D eigenvalue weighted by Gasteiger charge is 2.26. The molecule has 1 aromatic heterocycles. The molecule has 0 bridgehead atoms. The third-order valence-corrected chi connectivity index (χ3v) is 5.22. The minimum atomic E-state index is -0.805. The second kappa shape index (κ2) is 8.04. The second-order valence-electron chi connectivity index (χ2n) is 7.43. The number of nitrogens with zero attached hydrogens (tertiary/aromatic N) is 3. The number of rotatable bonds is 5. The minimum Gasteiger partial charge on any atom is -0.480 e. The molecular weight excluding hydrogens is 318 g/mol. The van der Waals surface area contributed by atoms with Gasteiger partial charge in [-0.2, -0.15) is 0 Å². The van der Waals surface area contributed by atoms with Crippen molar-refractivity contribution in [2.24, 2.45) is 0 Å². The first kappa shape index (κ1) is 19.5. The van der Waals surface area contributed by atoms with E-state index in [-0.39, 0.29) is 18.5 Å². The fourth-order valence-electron chi connectivity index (χ4n) is 4.02. The smallest absolute Gasteiger partial charge is 0.317 e. The van der Waals surface area contributed by atoms with Crippen LogP contribution in [0.1, 0.15) is 60.9 Å². The summed E-state index contributed by atoms with van der Waals surface area (Å²) in [6, 6.07) is 2.55. The number of carboxylic acids is 1. The first-order valence-corrected chi connectivity index (χ1v) is 9.12. The molecule has 0 aromatic carbocycles. The lowest BCUT2D eigenvalue weighted by Gasteiger charge is -2.25. The highest BCUT2D eigenvalue weighted by Crippen LogP contribution is 2.23. The van der Waals surface area contributed by atoms with Gasteiger partial charge in [0, 0.05) is 36.6 Å². The Bertz CT molecular complexity index is 636. The fourth-order valence-corrected chi connectivity index (χ4v) is 4.02. The van der Waals surface area contributed by atoms with Gasteiger partial charge in [0.25, 0.3) is 5.91 Å². The van der Waals surface area contributed by atoms with Crippen molar-refractivity contribution >= 4 is 11.9 Å². The summed E-state index contributed by atoms with van der Waals surface area (Å²) in [6.07, 6.45) is 2.65. The van der Waals surface area contributed by atoms with Crippen LogP contribution in [0.3, 0.4) is 0 Å². The summed E-state index contributed by atoms with van der Waals surface area (Å²) >= 11 is 0. The number of aliphatic carboxylic acids is 1. The molecule has 1 aliphatic rings. The maximum Gasteiger partial charge on any atom is 0.317 e. The van der Waals surface area contributed by atoms with E-state index in [9.17, 15) is 9.59 Å². The number of aryl methyl sites for hydroxylation is 1. The van der Waals surface area contributed by atoms with Crippen molar-refractivity contribution in [2.75, 3.05) is 26.7 Å². The molecule has 0 radical (unpaired) electrons. The van der Waals surface area contributed by atoms with Gasteiger partial charge in [-0.25, -0.2) is 0 Å². The monoisotopic (exact) mass is 349 g/mol. The number of aromatic nitrogens is 1. The Morgan fingerprint density at radius 2 is 1.96 bits per heavy atom. The largest absolute Gasteiger partial charge is 0.480 e. The zero-order valence-corrected chi connectivity index (χ0v) is 16.1. The van der Waals surface area contributed by atoms with Crippen LogP contribution in [0.2, 0.25) is 0 Å². The number of hydrogen-bond donors (Lipinski definition) is 1. The van der Waals surface area contributed by atoms with Gasteiger partial charge in [-0.05, 0) is 60.1 Å². The average molecular weight is 349 g/mol. The molecule has 1 aliphatic heterocycles. The molecule has 1 atom stereocenters. The van der Waals surface area contributed by atoms with Crippen LogP contribution in [0.15, 0.2) is 6.07 Å². The zero-order valence-electron chi connectivity index (χ0n) is 16.1.